The summed E-state index contributed by atoms with van der Waals surface area (Å²) in [4.78, 5) is 20.7. The van der Waals surface area contributed by atoms with Crippen molar-refractivity contribution in [3.63, 3.8) is 0 Å². The van der Waals surface area contributed by atoms with E-state index in [4.69, 9.17) is 0 Å². The first-order valence-corrected chi connectivity index (χ1v) is 5.73. The zero-order valence-corrected chi connectivity index (χ0v) is 10.7. The average molecular weight is 242 g/mol. The van der Waals surface area contributed by atoms with Gasteiger partial charge in [0.05, 0.1) is 12.5 Å². The van der Waals surface area contributed by atoms with E-state index in [1.54, 1.807) is 6.92 Å². The number of rotatable bonds is 7. The minimum atomic E-state index is -0.241. The maximum absolute atomic E-state index is 10.6. The number of carbonyl (C=O) groups excluding carboxylic acids is 2. The van der Waals surface area contributed by atoms with Gasteiger partial charge in [0.15, 0.2) is 0 Å². The molecule has 0 spiro atoms. The highest BCUT2D eigenvalue weighted by atomic mass is 16.5. The highest BCUT2D eigenvalue weighted by Crippen LogP contribution is 1.99. The minimum Gasteiger partial charge on any atom is -0.435 e. The van der Waals surface area contributed by atoms with Crippen LogP contribution in [0.3, 0.4) is 0 Å². The van der Waals surface area contributed by atoms with Gasteiger partial charge in [0, 0.05) is 12.8 Å². The predicted molar refractivity (Wildman–Crippen MR) is 67.0 cm³/mol. The largest absolute Gasteiger partial charge is 0.435 e. The number of unbranched alkanes of at least 4 members (excludes halogenated alkanes) is 2. The summed E-state index contributed by atoms with van der Waals surface area (Å²) < 4.78 is 8.83. The quantitative estimate of drug-likeness (QED) is 0.390. The first-order valence-electron chi connectivity index (χ1n) is 5.73. The second-order valence-corrected chi connectivity index (χ2v) is 3.12. The Morgan fingerprint density at radius 3 is 1.88 bits per heavy atom. The summed E-state index contributed by atoms with van der Waals surface area (Å²) in [6.07, 6.45) is 6.36. The van der Waals surface area contributed by atoms with E-state index < -0.39 is 0 Å². The number of ether oxygens (including phenoxy) is 2. The van der Waals surface area contributed by atoms with Crippen LogP contribution < -0.4 is 0 Å². The van der Waals surface area contributed by atoms with Gasteiger partial charge in [-0.2, -0.15) is 0 Å². The molecule has 0 N–H and O–H groups in total. The molecule has 0 fully saturated rings. The molecular weight excluding hydrogens is 220 g/mol. The summed E-state index contributed by atoms with van der Waals surface area (Å²) in [5.74, 6) is -0.418. The van der Waals surface area contributed by atoms with E-state index in [1.165, 1.54) is 6.26 Å². The van der Waals surface area contributed by atoms with Crippen molar-refractivity contribution in [3.8, 4) is 0 Å². The lowest BCUT2D eigenvalue weighted by Gasteiger charge is -1.96. The smallest absolute Gasteiger partial charge is 0.310 e. The third-order valence-electron chi connectivity index (χ3n) is 1.70. The fourth-order valence-corrected chi connectivity index (χ4v) is 0.847. The molecule has 0 heterocycles. The van der Waals surface area contributed by atoms with E-state index in [2.05, 4.69) is 29.6 Å². The van der Waals surface area contributed by atoms with Crippen LogP contribution in [0.2, 0.25) is 0 Å². The second kappa shape index (κ2) is 14.4. The van der Waals surface area contributed by atoms with Crippen molar-refractivity contribution >= 4 is 11.9 Å². The summed E-state index contributed by atoms with van der Waals surface area (Å²) in [5.41, 5.74) is 0. The van der Waals surface area contributed by atoms with Gasteiger partial charge in [0.25, 0.3) is 0 Å². The van der Waals surface area contributed by atoms with Gasteiger partial charge in [-0.3, -0.25) is 9.59 Å². The van der Waals surface area contributed by atoms with Crippen molar-refractivity contribution in [2.75, 3.05) is 0 Å². The van der Waals surface area contributed by atoms with Gasteiger partial charge >= 0.3 is 11.9 Å². The maximum atomic E-state index is 10.6. The van der Waals surface area contributed by atoms with Gasteiger partial charge < -0.3 is 9.47 Å². The molecule has 0 aromatic carbocycles. The summed E-state index contributed by atoms with van der Waals surface area (Å²) in [5, 5.41) is 0. The minimum absolute atomic E-state index is 0.177. The number of hydrogen-bond donors (Lipinski definition) is 0. The predicted octanol–water partition coefficient (Wildman–Crippen LogP) is 3.34. The second-order valence-electron chi connectivity index (χ2n) is 3.12. The van der Waals surface area contributed by atoms with Crippen molar-refractivity contribution in [1.82, 2.24) is 0 Å². The van der Waals surface area contributed by atoms with Gasteiger partial charge in [-0.25, -0.2) is 0 Å². The Morgan fingerprint density at radius 1 is 1.00 bits per heavy atom. The Labute approximate surface area is 103 Å². The zero-order valence-electron chi connectivity index (χ0n) is 10.7. The van der Waals surface area contributed by atoms with Crippen LogP contribution in [0, 0.1) is 0 Å². The summed E-state index contributed by atoms with van der Waals surface area (Å²) in [7, 11) is 0. The van der Waals surface area contributed by atoms with Crippen molar-refractivity contribution in [3.05, 3.63) is 25.7 Å². The topological polar surface area (TPSA) is 52.6 Å². The Kier molecular flexibility index (Phi) is 15.1. The number of esters is 2. The van der Waals surface area contributed by atoms with Crippen LogP contribution in [0.1, 0.15) is 46.0 Å². The first kappa shape index (κ1) is 17.8. The van der Waals surface area contributed by atoms with E-state index in [9.17, 15) is 9.59 Å². The van der Waals surface area contributed by atoms with Gasteiger partial charge in [0.2, 0.25) is 0 Å². The van der Waals surface area contributed by atoms with Crippen LogP contribution in [0.4, 0.5) is 0 Å². The Bertz CT molecular complexity index is 234. The van der Waals surface area contributed by atoms with Crippen molar-refractivity contribution in [1.29, 1.82) is 0 Å². The molecule has 0 saturated carbocycles. The van der Waals surface area contributed by atoms with Gasteiger partial charge in [0.1, 0.15) is 0 Å². The molecule has 0 bridgehead atoms. The molecule has 0 aliphatic rings. The lowest BCUT2D eigenvalue weighted by molar-refractivity contribution is -0.138. The molecular formula is C13H22O4. The van der Waals surface area contributed by atoms with Crippen LogP contribution in [0.5, 0.6) is 0 Å². The molecule has 0 aliphatic carbocycles. The molecule has 0 unspecified atom stereocenters. The molecule has 0 saturated heterocycles. The molecule has 4 heteroatoms. The lowest BCUT2D eigenvalue weighted by atomic mass is 10.2. The molecule has 0 aromatic heterocycles. The van der Waals surface area contributed by atoms with Crippen LogP contribution in [0.25, 0.3) is 0 Å². The lowest BCUT2D eigenvalue weighted by Crippen LogP contribution is -1.97. The van der Waals surface area contributed by atoms with Crippen LogP contribution >= 0.6 is 0 Å². The SMILES string of the molecule is C=COC(=O)CC.C=COC(=O)CCCCC. The van der Waals surface area contributed by atoms with E-state index in [0.717, 1.165) is 25.5 Å². The van der Waals surface area contributed by atoms with Crippen LogP contribution in [-0.4, -0.2) is 11.9 Å². The summed E-state index contributed by atoms with van der Waals surface area (Å²) in [6, 6.07) is 0. The van der Waals surface area contributed by atoms with E-state index in [-0.39, 0.29) is 11.9 Å². The third-order valence-corrected chi connectivity index (χ3v) is 1.70. The van der Waals surface area contributed by atoms with Crippen molar-refractivity contribution in [2.24, 2.45) is 0 Å². The molecule has 98 valence electrons. The fourth-order valence-electron chi connectivity index (χ4n) is 0.847. The first-order chi connectivity index (χ1) is 8.12. The van der Waals surface area contributed by atoms with Crippen molar-refractivity contribution in [2.45, 2.75) is 46.0 Å². The van der Waals surface area contributed by atoms with Crippen LogP contribution in [0.15, 0.2) is 25.7 Å². The molecule has 0 aromatic rings. The summed E-state index contributed by atoms with van der Waals surface area (Å²) in [6.45, 7) is 10.3. The molecule has 0 rings (SSSR count). The van der Waals surface area contributed by atoms with Gasteiger partial charge in [-0.1, -0.05) is 39.8 Å². The molecule has 4 nitrogen and oxygen atoms in total. The molecule has 0 amide bonds. The Morgan fingerprint density at radius 2 is 1.53 bits per heavy atom. The van der Waals surface area contributed by atoms with Gasteiger partial charge in [-0.15, -0.1) is 0 Å². The fraction of sp³-hybridized carbons (Fsp3) is 0.538. The summed E-state index contributed by atoms with van der Waals surface area (Å²) >= 11 is 0. The zero-order chi connectivity index (χ0) is 13.5. The van der Waals surface area contributed by atoms with E-state index in [0.29, 0.717) is 12.8 Å². The highest BCUT2D eigenvalue weighted by molar-refractivity contribution is 5.69. The molecule has 17 heavy (non-hydrogen) atoms. The van der Waals surface area contributed by atoms with E-state index in [1.807, 2.05) is 0 Å². The van der Waals surface area contributed by atoms with E-state index >= 15 is 0 Å². The molecule has 0 radical (unpaired) electrons. The highest BCUT2D eigenvalue weighted by Gasteiger charge is 1.97. The normalized spacial score (nSPS) is 8.35. The standard InChI is InChI=1S/C8H14O2.C5H8O2/c1-3-5-6-7-8(9)10-4-2;1-3-5(6)7-4-2/h4H,2-3,5-7H2,1H3;4H,2-3H2,1H3. The Hall–Kier alpha value is -1.58. The third kappa shape index (κ3) is 17.1. The van der Waals surface area contributed by atoms with Crippen molar-refractivity contribution < 1.29 is 19.1 Å². The monoisotopic (exact) mass is 242 g/mol. The molecule has 0 atom stereocenters. The number of carbonyl (C=O) groups is 2. The number of hydrogen-bond acceptors (Lipinski definition) is 4. The van der Waals surface area contributed by atoms with Gasteiger partial charge in [-0.05, 0) is 6.42 Å². The Balaban J connectivity index is 0. The average Bonchev–Trinajstić information content (AvgIpc) is 2.31. The van der Waals surface area contributed by atoms with Crippen LogP contribution in [-0.2, 0) is 19.1 Å². The maximum Gasteiger partial charge on any atom is 0.310 e. The molecule has 0 aliphatic heterocycles.